The van der Waals surface area contributed by atoms with Crippen LogP contribution < -0.4 is 0 Å². The molecule has 0 radical (unpaired) electrons. The summed E-state index contributed by atoms with van der Waals surface area (Å²) < 4.78 is 80.8. The van der Waals surface area contributed by atoms with Gasteiger partial charge in [0.1, 0.15) is 11.5 Å². The van der Waals surface area contributed by atoms with E-state index in [2.05, 4.69) is 21.9 Å². The lowest BCUT2D eigenvalue weighted by molar-refractivity contribution is -0.193. The van der Waals surface area contributed by atoms with Crippen molar-refractivity contribution in [3.8, 4) is 0 Å². The van der Waals surface area contributed by atoms with E-state index in [1.807, 2.05) is 6.92 Å². The van der Waals surface area contributed by atoms with Crippen molar-refractivity contribution in [3.05, 3.63) is 23.7 Å². The monoisotopic (exact) mass is 562 g/mol. The van der Waals surface area contributed by atoms with Gasteiger partial charge in [0, 0.05) is 44.3 Å². The number of rotatable bonds is 3. The minimum atomic E-state index is -5.08. The van der Waals surface area contributed by atoms with Gasteiger partial charge in [0.25, 0.3) is 0 Å². The van der Waals surface area contributed by atoms with Crippen LogP contribution in [0.25, 0.3) is 0 Å². The van der Waals surface area contributed by atoms with Crippen molar-refractivity contribution in [1.29, 1.82) is 0 Å². The second-order valence-corrected chi connectivity index (χ2v) is 9.45. The molecular formula is C23H32F6N2O7. The number of furan rings is 1. The predicted molar refractivity (Wildman–Crippen MR) is 119 cm³/mol. The highest BCUT2D eigenvalue weighted by atomic mass is 19.4. The predicted octanol–water partition coefficient (Wildman–Crippen LogP) is 3.56. The summed E-state index contributed by atoms with van der Waals surface area (Å²) in [5.74, 6) is -3.44. The summed E-state index contributed by atoms with van der Waals surface area (Å²) in [6.45, 7) is 11.0. The standard InChI is InChI=1S/C19H30N2O3.2C2HF3O2/c1-16-2-3-18(24-16)12-20-8-11-23-15-19(13-20)6-7-21(14-19)17-4-9-22-10-5-17;2*3-2(4,5)1(6)7/h2-3,17H,4-15H2,1H3;2*(H,6,7). The molecule has 15 heteroatoms. The van der Waals surface area contributed by atoms with E-state index >= 15 is 0 Å². The summed E-state index contributed by atoms with van der Waals surface area (Å²) in [4.78, 5) is 23.0. The van der Waals surface area contributed by atoms with Gasteiger partial charge in [-0.2, -0.15) is 26.3 Å². The van der Waals surface area contributed by atoms with Crippen LogP contribution in [0.15, 0.2) is 16.5 Å². The second kappa shape index (κ2) is 13.6. The number of carboxylic acids is 2. The molecule has 3 aliphatic rings. The third-order valence-corrected chi connectivity index (χ3v) is 6.35. The van der Waals surface area contributed by atoms with Crippen molar-refractivity contribution in [2.75, 3.05) is 52.6 Å². The van der Waals surface area contributed by atoms with E-state index in [4.69, 9.17) is 33.7 Å². The summed E-state index contributed by atoms with van der Waals surface area (Å²) >= 11 is 0. The van der Waals surface area contributed by atoms with Crippen LogP contribution in [0.1, 0.15) is 30.8 Å². The Bertz CT molecular complexity index is 878. The molecule has 0 aromatic carbocycles. The van der Waals surface area contributed by atoms with E-state index in [1.165, 1.54) is 32.4 Å². The summed E-state index contributed by atoms with van der Waals surface area (Å²) in [7, 11) is 0. The van der Waals surface area contributed by atoms with Gasteiger partial charge in [-0.1, -0.05) is 0 Å². The maximum absolute atomic E-state index is 10.6. The number of alkyl halides is 6. The first kappa shape index (κ1) is 31.9. The van der Waals surface area contributed by atoms with Gasteiger partial charge in [-0.25, -0.2) is 9.59 Å². The van der Waals surface area contributed by atoms with Crippen LogP contribution >= 0.6 is 0 Å². The van der Waals surface area contributed by atoms with E-state index in [9.17, 15) is 26.3 Å². The Hall–Kier alpha value is -2.36. The Morgan fingerprint density at radius 1 is 0.947 bits per heavy atom. The highest BCUT2D eigenvalue weighted by Gasteiger charge is 2.43. The largest absolute Gasteiger partial charge is 0.490 e. The van der Waals surface area contributed by atoms with E-state index in [0.29, 0.717) is 6.04 Å². The molecule has 3 fully saturated rings. The van der Waals surface area contributed by atoms with Gasteiger partial charge < -0.3 is 24.1 Å². The number of likely N-dealkylation sites (tertiary alicyclic amines) is 1. The molecule has 1 atom stereocenters. The molecule has 4 heterocycles. The number of hydrogen-bond donors (Lipinski definition) is 2. The van der Waals surface area contributed by atoms with Crippen molar-refractivity contribution in [1.82, 2.24) is 9.80 Å². The lowest BCUT2D eigenvalue weighted by Gasteiger charge is -2.35. The van der Waals surface area contributed by atoms with Crippen LogP contribution in [-0.4, -0.2) is 103 Å². The summed E-state index contributed by atoms with van der Waals surface area (Å²) in [5, 5.41) is 14.2. The number of hydrogen-bond acceptors (Lipinski definition) is 7. The molecule has 9 nitrogen and oxygen atoms in total. The molecule has 1 aromatic heterocycles. The van der Waals surface area contributed by atoms with Crippen molar-refractivity contribution in [3.63, 3.8) is 0 Å². The third-order valence-electron chi connectivity index (χ3n) is 6.35. The van der Waals surface area contributed by atoms with Crippen LogP contribution in [0.2, 0.25) is 0 Å². The van der Waals surface area contributed by atoms with E-state index < -0.39 is 24.3 Å². The topological polar surface area (TPSA) is 113 Å². The molecule has 0 saturated carbocycles. The maximum Gasteiger partial charge on any atom is 0.490 e. The van der Waals surface area contributed by atoms with Crippen LogP contribution in [0.4, 0.5) is 26.3 Å². The quantitative estimate of drug-likeness (QED) is 0.534. The van der Waals surface area contributed by atoms with Crippen molar-refractivity contribution >= 4 is 11.9 Å². The third kappa shape index (κ3) is 10.4. The lowest BCUT2D eigenvalue weighted by Crippen LogP contribution is -2.43. The van der Waals surface area contributed by atoms with Gasteiger partial charge >= 0.3 is 24.3 Å². The minimum Gasteiger partial charge on any atom is -0.475 e. The van der Waals surface area contributed by atoms with Crippen molar-refractivity contribution < 1.29 is 60.0 Å². The molecule has 3 saturated heterocycles. The Labute approximate surface area is 215 Å². The summed E-state index contributed by atoms with van der Waals surface area (Å²) in [5.41, 5.74) is 0.288. The zero-order valence-electron chi connectivity index (χ0n) is 20.8. The van der Waals surface area contributed by atoms with E-state index in [0.717, 1.165) is 57.6 Å². The average molecular weight is 563 g/mol. The number of ether oxygens (including phenoxy) is 2. The first-order valence-electron chi connectivity index (χ1n) is 11.9. The molecule has 0 bridgehead atoms. The average Bonchev–Trinajstić information content (AvgIpc) is 3.37. The number of halogens is 6. The zero-order valence-corrected chi connectivity index (χ0v) is 20.8. The fraction of sp³-hybridized carbons (Fsp3) is 0.739. The number of carbonyl (C=O) groups is 2. The first-order chi connectivity index (χ1) is 17.6. The Morgan fingerprint density at radius 3 is 2.03 bits per heavy atom. The van der Waals surface area contributed by atoms with E-state index in [1.54, 1.807) is 0 Å². The normalized spacial score (nSPS) is 23.7. The first-order valence-corrected chi connectivity index (χ1v) is 11.9. The van der Waals surface area contributed by atoms with Gasteiger partial charge in [-0.15, -0.1) is 0 Å². The molecule has 1 aromatic rings. The van der Waals surface area contributed by atoms with Crippen LogP contribution in [0.5, 0.6) is 0 Å². The molecular weight excluding hydrogens is 530 g/mol. The summed E-state index contributed by atoms with van der Waals surface area (Å²) in [6, 6.07) is 4.88. The number of carboxylic acid groups (broad SMARTS) is 2. The van der Waals surface area contributed by atoms with E-state index in [-0.39, 0.29) is 5.41 Å². The van der Waals surface area contributed by atoms with Crippen LogP contribution in [0.3, 0.4) is 0 Å². The molecule has 38 heavy (non-hydrogen) atoms. The molecule has 2 N–H and O–H groups in total. The molecule has 0 aliphatic carbocycles. The highest BCUT2D eigenvalue weighted by Crippen LogP contribution is 2.36. The second-order valence-electron chi connectivity index (χ2n) is 9.45. The lowest BCUT2D eigenvalue weighted by atomic mass is 9.87. The fourth-order valence-corrected chi connectivity index (χ4v) is 4.59. The fourth-order valence-electron chi connectivity index (χ4n) is 4.59. The number of aryl methyl sites for hydroxylation is 1. The minimum absolute atomic E-state index is 0.288. The highest BCUT2D eigenvalue weighted by molar-refractivity contribution is 5.73. The van der Waals surface area contributed by atoms with Gasteiger partial charge in [-0.3, -0.25) is 9.80 Å². The smallest absolute Gasteiger partial charge is 0.475 e. The number of aliphatic carboxylic acids is 2. The van der Waals surface area contributed by atoms with Gasteiger partial charge in [0.2, 0.25) is 0 Å². The molecule has 3 aliphatic heterocycles. The molecule has 4 rings (SSSR count). The maximum atomic E-state index is 10.6. The SMILES string of the molecule is Cc1ccc(CN2CCOCC3(CCN(C4CCOCC4)C3)C2)o1.O=C(O)C(F)(F)F.O=C(O)C(F)(F)F. The molecule has 0 amide bonds. The van der Waals surface area contributed by atoms with Crippen molar-refractivity contribution in [2.24, 2.45) is 5.41 Å². The summed E-state index contributed by atoms with van der Waals surface area (Å²) in [6.07, 6.45) is -6.54. The van der Waals surface area contributed by atoms with Crippen LogP contribution in [0, 0.1) is 12.3 Å². The number of nitrogens with zero attached hydrogens (tertiary/aromatic N) is 2. The van der Waals surface area contributed by atoms with Gasteiger partial charge in [0.15, 0.2) is 0 Å². The Kier molecular flexibility index (Phi) is 11.4. The van der Waals surface area contributed by atoms with Gasteiger partial charge in [0.05, 0.1) is 19.8 Å². The van der Waals surface area contributed by atoms with Crippen molar-refractivity contribution in [2.45, 2.75) is 51.1 Å². The van der Waals surface area contributed by atoms with Gasteiger partial charge in [-0.05, 0) is 44.9 Å². The Morgan fingerprint density at radius 2 is 1.53 bits per heavy atom. The molecule has 1 spiro atoms. The molecule has 1 unspecified atom stereocenters. The zero-order chi connectivity index (χ0) is 28.6. The van der Waals surface area contributed by atoms with Crippen LogP contribution in [-0.2, 0) is 25.6 Å². The molecule has 218 valence electrons. The Balaban J connectivity index is 0.000000301.